The van der Waals surface area contributed by atoms with Crippen molar-refractivity contribution in [3.8, 4) is 0 Å². The normalized spacial score (nSPS) is 11.3. The van der Waals surface area contributed by atoms with Gasteiger partial charge in [-0.1, -0.05) is 30.3 Å². The predicted molar refractivity (Wildman–Crippen MR) is 104 cm³/mol. The Balaban J connectivity index is 1.71. The van der Waals surface area contributed by atoms with Gasteiger partial charge in [0.05, 0.1) is 0 Å². The number of nitrogens with zero attached hydrogens (tertiary/aromatic N) is 1. The second-order valence-electron chi connectivity index (χ2n) is 5.62. The van der Waals surface area contributed by atoms with E-state index in [1.807, 2.05) is 30.3 Å². The number of rotatable bonds is 9. The smallest absolute Gasteiger partial charge is 0.244 e. The Bertz CT molecular complexity index is 844. The lowest BCUT2D eigenvalue weighted by Gasteiger charge is -2.09. The third kappa shape index (κ3) is 6.40. The highest BCUT2D eigenvalue weighted by molar-refractivity contribution is 9.10. The van der Waals surface area contributed by atoms with Gasteiger partial charge in [-0.15, -0.1) is 0 Å². The third-order valence-corrected chi connectivity index (χ3v) is 5.51. The lowest BCUT2D eigenvalue weighted by molar-refractivity contribution is -0.120. The molecule has 26 heavy (non-hydrogen) atoms. The van der Waals surface area contributed by atoms with Gasteiger partial charge in [0.2, 0.25) is 15.9 Å². The van der Waals surface area contributed by atoms with E-state index < -0.39 is 10.0 Å². The first-order chi connectivity index (χ1) is 12.4. The summed E-state index contributed by atoms with van der Waals surface area (Å²) >= 11 is 3.16. The highest BCUT2D eigenvalue weighted by atomic mass is 79.9. The minimum Gasteiger partial charge on any atom is -0.383 e. The van der Waals surface area contributed by atoms with E-state index in [9.17, 15) is 13.2 Å². The van der Waals surface area contributed by atoms with Gasteiger partial charge < -0.3 is 11.1 Å². The molecule has 2 aromatic rings. The van der Waals surface area contributed by atoms with Crippen LogP contribution in [0.1, 0.15) is 18.4 Å². The van der Waals surface area contributed by atoms with Crippen LogP contribution in [-0.2, 0) is 21.2 Å². The number of nitrogen functional groups attached to an aromatic ring is 1. The molecule has 2 rings (SSSR count). The molecule has 0 fully saturated rings. The number of nitrogens with two attached hydrogens (primary N) is 1. The molecule has 0 spiro atoms. The van der Waals surface area contributed by atoms with Crippen molar-refractivity contribution in [2.45, 2.75) is 24.2 Å². The molecule has 0 atom stereocenters. The Morgan fingerprint density at radius 2 is 1.92 bits per heavy atom. The van der Waals surface area contributed by atoms with Crippen molar-refractivity contribution in [2.24, 2.45) is 0 Å². The number of nitrogens with one attached hydrogen (secondary N) is 2. The zero-order valence-corrected chi connectivity index (χ0v) is 16.5. The molecule has 4 N–H and O–H groups in total. The van der Waals surface area contributed by atoms with Crippen molar-refractivity contribution in [2.75, 3.05) is 18.8 Å². The summed E-state index contributed by atoms with van der Waals surface area (Å²) < 4.78 is 27.3. The molecule has 0 bridgehead atoms. The van der Waals surface area contributed by atoms with Crippen molar-refractivity contribution >= 4 is 37.7 Å². The molecule has 0 radical (unpaired) electrons. The Morgan fingerprint density at radius 3 is 2.65 bits per heavy atom. The number of anilines is 1. The lowest BCUT2D eigenvalue weighted by atomic mass is 10.1. The summed E-state index contributed by atoms with van der Waals surface area (Å²) in [5.74, 6) is -0.299. The summed E-state index contributed by atoms with van der Waals surface area (Å²) in [4.78, 5) is 15.5. The monoisotopic (exact) mass is 440 g/mol. The average molecular weight is 441 g/mol. The second kappa shape index (κ2) is 9.65. The van der Waals surface area contributed by atoms with Gasteiger partial charge in [-0.25, -0.2) is 18.1 Å². The zero-order valence-electron chi connectivity index (χ0n) is 14.1. The highest BCUT2D eigenvalue weighted by Crippen LogP contribution is 2.20. The fourth-order valence-electron chi connectivity index (χ4n) is 2.28. The molecule has 0 aliphatic rings. The summed E-state index contributed by atoms with van der Waals surface area (Å²) in [6.07, 6.45) is 3.16. The molecule has 0 aliphatic heterocycles. The van der Waals surface area contributed by atoms with Gasteiger partial charge in [-0.2, -0.15) is 0 Å². The number of carbonyl (C=O) groups is 1. The first-order valence-corrected chi connectivity index (χ1v) is 10.4. The molecule has 0 aliphatic carbocycles. The van der Waals surface area contributed by atoms with Crippen molar-refractivity contribution in [3.05, 3.63) is 52.6 Å². The minimum atomic E-state index is -3.82. The molecule has 1 heterocycles. The van der Waals surface area contributed by atoms with Gasteiger partial charge in [0, 0.05) is 30.2 Å². The Morgan fingerprint density at radius 1 is 1.19 bits per heavy atom. The SMILES string of the molecule is Nc1ncc(Br)cc1S(=O)(=O)NCCC(=O)NCCCc1ccccc1. The first kappa shape index (κ1) is 20.3. The van der Waals surface area contributed by atoms with Crippen LogP contribution in [0.15, 0.2) is 52.0 Å². The van der Waals surface area contributed by atoms with E-state index >= 15 is 0 Å². The van der Waals surface area contributed by atoms with Crippen LogP contribution in [0, 0.1) is 0 Å². The van der Waals surface area contributed by atoms with Gasteiger partial charge in [0.15, 0.2) is 0 Å². The molecule has 9 heteroatoms. The second-order valence-corrected chi connectivity index (χ2v) is 8.27. The third-order valence-electron chi connectivity index (χ3n) is 3.59. The minimum absolute atomic E-state index is 0.0151. The van der Waals surface area contributed by atoms with Gasteiger partial charge in [0.1, 0.15) is 10.7 Å². The quantitative estimate of drug-likeness (QED) is 0.514. The topological polar surface area (TPSA) is 114 Å². The Hall–Kier alpha value is -1.97. The molecule has 0 saturated heterocycles. The summed E-state index contributed by atoms with van der Waals surface area (Å²) in [5, 5.41) is 2.78. The van der Waals surface area contributed by atoms with Gasteiger partial charge in [-0.05, 0) is 40.4 Å². The van der Waals surface area contributed by atoms with Crippen LogP contribution in [0.25, 0.3) is 0 Å². The number of hydrogen-bond donors (Lipinski definition) is 3. The molecule has 0 unspecified atom stereocenters. The maximum absolute atomic E-state index is 12.2. The summed E-state index contributed by atoms with van der Waals surface area (Å²) in [6, 6.07) is 11.4. The fraction of sp³-hybridized carbons (Fsp3) is 0.294. The molecule has 1 amide bonds. The predicted octanol–water partition coefficient (Wildman–Crippen LogP) is 1.84. The first-order valence-electron chi connectivity index (χ1n) is 8.10. The number of sulfonamides is 1. The van der Waals surface area contributed by atoms with E-state index in [0.717, 1.165) is 12.8 Å². The lowest BCUT2D eigenvalue weighted by Crippen LogP contribution is -2.31. The van der Waals surface area contributed by atoms with Crippen molar-refractivity contribution in [3.63, 3.8) is 0 Å². The molecule has 1 aromatic heterocycles. The van der Waals surface area contributed by atoms with Crippen molar-refractivity contribution in [1.29, 1.82) is 0 Å². The zero-order chi connectivity index (χ0) is 19.0. The number of carbonyl (C=O) groups excluding carboxylic acids is 1. The number of benzene rings is 1. The maximum atomic E-state index is 12.2. The number of amides is 1. The fourth-order valence-corrected chi connectivity index (χ4v) is 3.90. The summed E-state index contributed by atoms with van der Waals surface area (Å²) in [5.41, 5.74) is 6.82. The summed E-state index contributed by atoms with van der Waals surface area (Å²) in [6.45, 7) is 0.530. The largest absolute Gasteiger partial charge is 0.383 e. The Labute approximate surface area is 161 Å². The number of halogens is 1. The van der Waals surface area contributed by atoms with E-state index in [1.165, 1.54) is 17.8 Å². The van der Waals surface area contributed by atoms with Gasteiger partial charge in [-0.3, -0.25) is 4.79 Å². The van der Waals surface area contributed by atoms with Crippen LogP contribution >= 0.6 is 15.9 Å². The van der Waals surface area contributed by atoms with E-state index in [1.54, 1.807) is 0 Å². The number of aromatic nitrogens is 1. The highest BCUT2D eigenvalue weighted by Gasteiger charge is 2.18. The van der Waals surface area contributed by atoms with Crippen LogP contribution in [0.5, 0.6) is 0 Å². The molecule has 1 aromatic carbocycles. The van der Waals surface area contributed by atoms with Crippen molar-refractivity contribution < 1.29 is 13.2 Å². The molecular formula is C17H21BrN4O3S. The van der Waals surface area contributed by atoms with Crippen molar-refractivity contribution in [1.82, 2.24) is 15.0 Å². The number of aryl methyl sites for hydroxylation is 1. The van der Waals surface area contributed by atoms with E-state index in [2.05, 4.69) is 31.0 Å². The molecule has 0 saturated carbocycles. The van der Waals surface area contributed by atoms with E-state index in [0.29, 0.717) is 11.0 Å². The van der Waals surface area contributed by atoms with Gasteiger partial charge >= 0.3 is 0 Å². The standard InChI is InChI=1S/C17H21BrN4O3S/c18-14-11-15(17(19)21-12-14)26(24,25)22-10-8-16(23)20-9-4-7-13-5-2-1-3-6-13/h1-3,5-6,11-12,22H,4,7-10H2,(H2,19,21)(H,20,23). The number of pyridine rings is 1. The number of hydrogen-bond acceptors (Lipinski definition) is 5. The average Bonchev–Trinajstić information content (AvgIpc) is 2.61. The van der Waals surface area contributed by atoms with Crippen LogP contribution in [0.2, 0.25) is 0 Å². The van der Waals surface area contributed by atoms with Gasteiger partial charge in [0.25, 0.3) is 0 Å². The van der Waals surface area contributed by atoms with Crippen LogP contribution in [-0.4, -0.2) is 32.4 Å². The maximum Gasteiger partial charge on any atom is 0.244 e. The van der Waals surface area contributed by atoms with Crippen LogP contribution < -0.4 is 15.8 Å². The van der Waals surface area contributed by atoms with Crippen LogP contribution in [0.4, 0.5) is 5.82 Å². The molecule has 140 valence electrons. The van der Waals surface area contributed by atoms with Crippen LogP contribution in [0.3, 0.4) is 0 Å². The van der Waals surface area contributed by atoms with E-state index in [4.69, 9.17) is 5.73 Å². The van der Waals surface area contributed by atoms with E-state index in [-0.39, 0.29) is 29.6 Å². The molecular weight excluding hydrogens is 420 g/mol. The summed E-state index contributed by atoms with van der Waals surface area (Å²) in [7, 11) is -3.82. The Kier molecular flexibility index (Phi) is 7.55. The molecule has 7 nitrogen and oxygen atoms in total.